The number of ether oxygens (including phenoxy) is 1. The van der Waals surface area contributed by atoms with Crippen LogP contribution >= 0.6 is 0 Å². The Morgan fingerprint density at radius 2 is 1.88 bits per heavy atom. The van der Waals surface area contributed by atoms with Crippen molar-refractivity contribution in [1.29, 1.82) is 0 Å². The van der Waals surface area contributed by atoms with Crippen LogP contribution in [0.25, 0.3) is 0 Å². The molecule has 2 aliphatic rings. The van der Waals surface area contributed by atoms with E-state index in [1.807, 2.05) is 24.0 Å². The van der Waals surface area contributed by atoms with Crippen molar-refractivity contribution in [2.75, 3.05) is 37.7 Å². The van der Waals surface area contributed by atoms with E-state index in [1.165, 1.54) is 31.4 Å². The molecule has 4 nitrogen and oxygen atoms in total. The van der Waals surface area contributed by atoms with E-state index in [9.17, 15) is 4.79 Å². The van der Waals surface area contributed by atoms with Crippen LogP contribution in [-0.4, -0.2) is 49.7 Å². The topological polar surface area (TPSA) is 32.8 Å². The third kappa shape index (κ3) is 4.29. The van der Waals surface area contributed by atoms with Crippen molar-refractivity contribution >= 4 is 11.6 Å². The lowest BCUT2D eigenvalue weighted by molar-refractivity contribution is -0.00311. The van der Waals surface area contributed by atoms with E-state index >= 15 is 0 Å². The summed E-state index contributed by atoms with van der Waals surface area (Å²) < 4.78 is 5.79. The second-order valence-electron chi connectivity index (χ2n) is 6.93. The number of carbonyl (C=O) groups excluding carboxylic acids is 1. The molecule has 1 aromatic rings. The van der Waals surface area contributed by atoms with Gasteiger partial charge in [0.25, 0.3) is 5.91 Å². The monoisotopic (exact) mass is 330 g/mol. The molecule has 2 fully saturated rings. The van der Waals surface area contributed by atoms with Crippen LogP contribution in [0, 0.1) is 0 Å². The number of hydrogen-bond acceptors (Lipinski definition) is 3. The maximum absolute atomic E-state index is 12.8. The number of amides is 1. The van der Waals surface area contributed by atoms with Crippen molar-refractivity contribution in [2.24, 2.45) is 0 Å². The van der Waals surface area contributed by atoms with Gasteiger partial charge in [-0.15, -0.1) is 0 Å². The van der Waals surface area contributed by atoms with Crippen molar-refractivity contribution < 1.29 is 9.53 Å². The van der Waals surface area contributed by atoms with Gasteiger partial charge in [0.2, 0.25) is 0 Å². The minimum absolute atomic E-state index is 0.122. The van der Waals surface area contributed by atoms with Crippen molar-refractivity contribution in [3.05, 3.63) is 29.8 Å². The summed E-state index contributed by atoms with van der Waals surface area (Å²) in [5.74, 6) is 0.122. The first-order chi connectivity index (χ1) is 11.8. The molecule has 1 unspecified atom stereocenters. The summed E-state index contributed by atoms with van der Waals surface area (Å²) in [6.07, 6.45) is 7.50. The molecule has 2 saturated heterocycles. The Bertz CT molecular complexity index is 517. The van der Waals surface area contributed by atoms with E-state index in [0.29, 0.717) is 6.54 Å². The van der Waals surface area contributed by atoms with Crippen LogP contribution in [0.3, 0.4) is 0 Å². The Kier molecular flexibility index (Phi) is 6.13. The lowest BCUT2D eigenvalue weighted by Crippen LogP contribution is -2.39. The first-order valence-electron chi connectivity index (χ1n) is 9.54. The van der Waals surface area contributed by atoms with E-state index in [1.54, 1.807) is 0 Å². The van der Waals surface area contributed by atoms with Crippen LogP contribution in [0.1, 0.15) is 55.8 Å². The number of hydrogen-bond donors (Lipinski definition) is 0. The minimum Gasteiger partial charge on any atom is -0.376 e. The summed E-state index contributed by atoms with van der Waals surface area (Å²) in [5.41, 5.74) is 2.03. The Hall–Kier alpha value is -1.55. The van der Waals surface area contributed by atoms with E-state index in [2.05, 4.69) is 17.0 Å². The SMILES string of the molecule is CCN(CC1CCCCO1)C(=O)c1ccc(N2CCCCC2)cc1. The molecular formula is C20H30N2O2. The maximum atomic E-state index is 12.8. The van der Waals surface area contributed by atoms with Gasteiger partial charge in [-0.3, -0.25) is 4.79 Å². The molecule has 0 radical (unpaired) electrons. The van der Waals surface area contributed by atoms with E-state index < -0.39 is 0 Å². The van der Waals surface area contributed by atoms with Gasteiger partial charge >= 0.3 is 0 Å². The van der Waals surface area contributed by atoms with Gasteiger partial charge < -0.3 is 14.5 Å². The molecule has 0 saturated carbocycles. The highest BCUT2D eigenvalue weighted by atomic mass is 16.5. The quantitative estimate of drug-likeness (QED) is 0.825. The highest BCUT2D eigenvalue weighted by Crippen LogP contribution is 2.21. The Morgan fingerprint density at radius 1 is 1.12 bits per heavy atom. The standard InChI is InChI=1S/C20H30N2O2/c1-2-21(16-19-8-4-7-15-24-19)20(23)17-9-11-18(12-10-17)22-13-5-3-6-14-22/h9-12,19H,2-8,13-16H2,1H3. The average Bonchev–Trinajstić information content (AvgIpc) is 2.67. The number of piperidine rings is 1. The summed E-state index contributed by atoms with van der Waals surface area (Å²) >= 11 is 0. The Labute approximate surface area is 145 Å². The fourth-order valence-corrected chi connectivity index (χ4v) is 3.70. The summed E-state index contributed by atoms with van der Waals surface area (Å²) in [6.45, 7) is 6.58. The molecule has 2 aliphatic heterocycles. The predicted octanol–water partition coefficient (Wildman–Crippen LogP) is 3.71. The molecule has 1 aromatic carbocycles. The third-order valence-corrected chi connectivity index (χ3v) is 5.20. The predicted molar refractivity (Wildman–Crippen MR) is 97.7 cm³/mol. The molecule has 0 N–H and O–H groups in total. The molecule has 1 amide bonds. The van der Waals surface area contributed by atoms with E-state index in [-0.39, 0.29) is 12.0 Å². The smallest absolute Gasteiger partial charge is 0.253 e. The number of anilines is 1. The Balaban J connectivity index is 1.61. The second kappa shape index (κ2) is 8.52. The number of carbonyl (C=O) groups is 1. The van der Waals surface area contributed by atoms with Crippen LogP contribution in [0.15, 0.2) is 24.3 Å². The molecule has 2 heterocycles. The summed E-state index contributed by atoms with van der Waals surface area (Å²) in [7, 11) is 0. The lowest BCUT2D eigenvalue weighted by atomic mass is 10.1. The van der Waals surface area contributed by atoms with Crippen LogP contribution in [0.2, 0.25) is 0 Å². The average molecular weight is 330 g/mol. The van der Waals surface area contributed by atoms with Gasteiger partial charge in [-0.05, 0) is 69.7 Å². The van der Waals surface area contributed by atoms with Crippen molar-refractivity contribution in [3.8, 4) is 0 Å². The first-order valence-corrected chi connectivity index (χ1v) is 9.54. The van der Waals surface area contributed by atoms with Crippen molar-refractivity contribution in [2.45, 2.75) is 51.6 Å². The lowest BCUT2D eigenvalue weighted by Gasteiger charge is -2.30. The fraction of sp³-hybridized carbons (Fsp3) is 0.650. The van der Waals surface area contributed by atoms with Gasteiger partial charge in [0, 0.05) is 44.0 Å². The Morgan fingerprint density at radius 3 is 2.50 bits per heavy atom. The number of benzene rings is 1. The number of nitrogens with zero attached hydrogens (tertiary/aromatic N) is 2. The van der Waals surface area contributed by atoms with Crippen LogP contribution < -0.4 is 4.90 Å². The minimum atomic E-state index is 0.122. The largest absolute Gasteiger partial charge is 0.376 e. The zero-order valence-corrected chi connectivity index (χ0v) is 14.9. The molecule has 0 aromatic heterocycles. The van der Waals surface area contributed by atoms with Gasteiger partial charge in [-0.1, -0.05) is 0 Å². The second-order valence-corrected chi connectivity index (χ2v) is 6.93. The van der Waals surface area contributed by atoms with Crippen LogP contribution in [0.5, 0.6) is 0 Å². The summed E-state index contributed by atoms with van der Waals surface area (Å²) in [6, 6.07) is 8.17. The highest BCUT2D eigenvalue weighted by Gasteiger charge is 2.21. The normalized spacial score (nSPS) is 21.5. The van der Waals surface area contributed by atoms with Gasteiger partial charge in [-0.2, -0.15) is 0 Å². The summed E-state index contributed by atoms with van der Waals surface area (Å²) in [4.78, 5) is 17.1. The molecule has 0 spiro atoms. The first kappa shape index (κ1) is 17.3. The fourth-order valence-electron chi connectivity index (χ4n) is 3.70. The van der Waals surface area contributed by atoms with E-state index in [4.69, 9.17) is 4.74 Å². The molecule has 3 rings (SSSR count). The maximum Gasteiger partial charge on any atom is 0.253 e. The van der Waals surface area contributed by atoms with Crippen LogP contribution in [0.4, 0.5) is 5.69 Å². The van der Waals surface area contributed by atoms with Gasteiger partial charge in [0.15, 0.2) is 0 Å². The number of likely N-dealkylation sites (N-methyl/N-ethyl adjacent to an activating group) is 1. The third-order valence-electron chi connectivity index (χ3n) is 5.20. The molecule has 0 bridgehead atoms. The zero-order valence-electron chi connectivity index (χ0n) is 14.9. The summed E-state index contributed by atoms with van der Waals surface area (Å²) in [5, 5.41) is 0. The van der Waals surface area contributed by atoms with Gasteiger partial charge in [0.1, 0.15) is 0 Å². The number of rotatable bonds is 5. The molecule has 132 valence electrons. The molecular weight excluding hydrogens is 300 g/mol. The van der Waals surface area contributed by atoms with Gasteiger partial charge in [-0.25, -0.2) is 0 Å². The molecule has 1 atom stereocenters. The van der Waals surface area contributed by atoms with Crippen LogP contribution in [-0.2, 0) is 4.74 Å². The molecule has 4 heteroatoms. The van der Waals surface area contributed by atoms with Gasteiger partial charge in [0.05, 0.1) is 6.10 Å². The van der Waals surface area contributed by atoms with Crippen molar-refractivity contribution in [1.82, 2.24) is 4.90 Å². The molecule has 0 aliphatic carbocycles. The molecule has 24 heavy (non-hydrogen) atoms. The zero-order chi connectivity index (χ0) is 16.8. The van der Waals surface area contributed by atoms with Crippen molar-refractivity contribution in [3.63, 3.8) is 0 Å². The highest BCUT2D eigenvalue weighted by molar-refractivity contribution is 5.94. The van der Waals surface area contributed by atoms with E-state index in [0.717, 1.165) is 44.6 Å².